The van der Waals surface area contributed by atoms with E-state index in [0.29, 0.717) is 0 Å². The van der Waals surface area contributed by atoms with E-state index in [4.69, 9.17) is 17.7 Å². The van der Waals surface area contributed by atoms with Crippen molar-refractivity contribution in [2.45, 2.75) is 20.2 Å². The quantitative estimate of drug-likeness (QED) is 0.174. The number of hydrogen-bond donors (Lipinski definition) is 0. The molecule has 34 heavy (non-hydrogen) atoms. The van der Waals surface area contributed by atoms with Crippen LogP contribution in [0.3, 0.4) is 0 Å². The summed E-state index contributed by atoms with van der Waals surface area (Å²) in [5.74, 6) is 1.70. The Labute approximate surface area is 198 Å². The third-order valence-electron chi connectivity index (χ3n) is 4.28. The van der Waals surface area contributed by atoms with Gasteiger partial charge in [-0.25, -0.2) is 8.42 Å². The van der Waals surface area contributed by atoms with Crippen LogP contribution in [0.5, 0.6) is 11.5 Å². The summed E-state index contributed by atoms with van der Waals surface area (Å²) in [6.07, 6.45) is 0. The summed E-state index contributed by atoms with van der Waals surface area (Å²) < 4.78 is 64.8. The SMILES string of the molecule is O=S(=O)([O-])C(F)(F)F.c1ccc(Oc2ccc([S+](c3ccccc3)c3ccccc3)cc2)cc1. The molecule has 0 saturated carbocycles. The van der Waals surface area contributed by atoms with Crippen LogP contribution < -0.4 is 4.74 Å². The van der Waals surface area contributed by atoms with E-state index in [-0.39, 0.29) is 10.9 Å². The number of benzene rings is 4. The van der Waals surface area contributed by atoms with Crippen molar-refractivity contribution in [3.05, 3.63) is 115 Å². The highest BCUT2D eigenvalue weighted by molar-refractivity contribution is 7.97. The minimum atomic E-state index is -6.09. The van der Waals surface area contributed by atoms with Gasteiger partial charge in [-0.2, -0.15) is 13.2 Å². The van der Waals surface area contributed by atoms with Gasteiger partial charge in [0.25, 0.3) is 0 Å². The minimum absolute atomic E-state index is 0.125. The van der Waals surface area contributed by atoms with Crippen molar-refractivity contribution in [2.75, 3.05) is 0 Å². The molecule has 0 atom stereocenters. The molecule has 0 unspecified atom stereocenters. The van der Waals surface area contributed by atoms with Gasteiger partial charge in [0.05, 0.1) is 10.9 Å². The average Bonchev–Trinajstić information content (AvgIpc) is 2.82. The molecular weight excluding hydrogens is 485 g/mol. The van der Waals surface area contributed by atoms with E-state index >= 15 is 0 Å². The Kier molecular flexibility index (Phi) is 8.38. The van der Waals surface area contributed by atoms with Gasteiger partial charge in [0.15, 0.2) is 24.8 Å². The van der Waals surface area contributed by atoms with Crippen molar-refractivity contribution in [1.82, 2.24) is 0 Å². The predicted octanol–water partition coefficient (Wildman–Crippen LogP) is 6.63. The molecule has 0 bridgehead atoms. The fraction of sp³-hybridized carbons (Fsp3) is 0.0400. The second-order valence-electron chi connectivity index (χ2n) is 6.72. The van der Waals surface area contributed by atoms with Crippen molar-refractivity contribution >= 4 is 21.0 Å². The largest absolute Gasteiger partial charge is 0.741 e. The van der Waals surface area contributed by atoms with E-state index in [1.807, 2.05) is 42.5 Å². The van der Waals surface area contributed by atoms with Crippen molar-refractivity contribution in [1.29, 1.82) is 0 Å². The summed E-state index contributed by atoms with van der Waals surface area (Å²) in [7, 11) is -6.22. The summed E-state index contributed by atoms with van der Waals surface area (Å²) in [5.41, 5.74) is -5.65. The molecular formula is C25H19F3O4S2. The monoisotopic (exact) mass is 504 g/mol. The minimum Gasteiger partial charge on any atom is -0.741 e. The van der Waals surface area contributed by atoms with Crippen molar-refractivity contribution in [2.24, 2.45) is 0 Å². The van der Waals surface area contributed by atoms with E-state index < -0.39 is 15.6 Å². The first kappa shape index (κ1) is 25.4. The zero-order valence-electron chi connectivity index (χ0n) is 17.6. The van der Waals surface area contributed by atoms with Gasteiger partial charge in [0.2, 0.25) is 0 Å². The maximum atomic E-state index is 10.7. The van der Waals surface area contributed by atoms with Crippen molar-refractivity contribution in [3.8, 4) is 11.5 Å². The van der Waals surface area contributed by atoms with Crippen LogP contribution in [-0.2, 0) is 21.0 Å². The fourth-order valence-electron chi connectivity index (χ4n) is 2.79. The van der Waals surface area contributed by atoms with Crippen LogP contribution in [0.4, 0.5) is 13.2 Å². The standard InChI is InChI=1S/C24H19OS.CHF3O3S/c1-4-10-20(11-5-1)25-21-16-18-24(19-17-21)26(22-12-6-2-7-13-22)23-14-8-3-9-15-23;2-1(3,4)8(5,6)7/h1-19H;(H,5,6,7)/q+1;/p-1. The average molecular weight is 505 g/mol. The van der Waals surface area contributed by atoms with Gasteiger partial charge in [-0.3, -0.25) is 0 Å². The predicted molar refractivity (Wildman–Crippen MR) is 124 cm³/mol. The summed E-state index contributed by atoms with van der Waals surface area (Å²) in [6, 6.07) is 39.6. The smallest absolute Gasteiger partial charge is 0.485 e. The van der Waals surface area contributed by atoms with Crippen LogP contribution >= 0.6 is 0 Å². The molecule has 176 valence electrons. The lowest BCUT2D eigenvalue weighted by Crippen LogP contribution is -2.21. The normalized spacial score (nSPS) is 11.4. The number of hydrogen-bond acceptors (Lipinski definition) is 4. The second kappa shape index (κ2) is 11.2. The summed E-state index contributed by atoms with van der Waals surface area (Å²) in [4.78, 5) is 3.91. The molecule has 4 nitrogen and oxygen atoms in total. The van der Waals surface area contributed by atoms with Crippen LogP contribution in [0.25, 0.3) is 0 Å². The number of halogens is 3. The lowest BCUT2D eigenvalue weighted by molar-refractivity contribution is -0.0517. The highest BCUT2D eigenvalue weighted by Gasteiger charge is 2.37. The molecule has 0 amide bonds. The number of ether oxygens (including phenoxy) is 1. The first-order valence-electron chi connectivity index (χ1n) is 9.85. The van der Waals surface area contributed by atoms with E-state index in [2.05, 4.69) is 72.8 Å². The van der Waals surface area contributed by atoms with E-state index in [9.17, 15) is 13.2 Å². The van der Waals surface area contributed by atoms with E-state index in [0.717, 1.165) is 11.5 Å². The van der Waals surface area contributed by atoms with Gasteiger partial charge in [-0.15, -0.1) is 0 Å². The van der Waals surface area contributed by atoms with Gasteiger partial charge in [0.1, 0.15) is 11.5 Å². The van der Waals surface area contributed by atoms with Crippen LogP contribution in [0.2, 0.25) is 0 Å². The third kappa shape index (κ3) is 7.11. The molecule has 4 aromatic carbocycles. The Morgan fingerprint density at radius 3 is 1.29 bits per heavy atom. The lowest BCUT2D eigenvalue weighted by Gasteiger charge is -2.09. The van der Waals surface area contributed by atoms with E-state index in [1.54, 1.807) is 0 Å². The molecule has 9 heteroatoms. The van der Waals surface area contributed by atoms with Crippen molar-refractivity contribution in [3.63, 3.8) is 0 Å². The molecule has 0 N–H and O–H groups in total. The molecule has 0 radical (unpaired) electrons. The third-order valence-corrected chi connectivity index (χ3v) is 7.08. The first-order valence-corrected chi connectivity index (χ1v) is 12.5. The van der Waals surface area contributed by atoms with Gasteiger partial charge in [-0.05, 0) is 60.7 Å². The second-order valence-corrected chi connectivity index (χ2v) is 10.1. The summed E-state index contributed by atoms with van der Waals surface area (Å²) >= 11 is 0. The zero-order chi connectivity index (χ0) is 24.6. The molecule has 0 heterocycles. The molecule has 0 aromatic heterocycles. The molecule has 0 fully saturated rings. The lowest BCUT2D eigenvalue weighted by atomic mass is 10.3. The first-order chi connectivity index (χ1) is 16.1. The maximum absolute atomic E-state index is 10.7. The van der Waals surface area contributed by atoms with Crippen LogP contribution in [-0.4, -0.2) is 18.5 Å². The number of alkyl halides is 3. The maximum Gasteiger partial charge on any atom is 0.485 e. The zero-order valence-corrected chi connectivity index (χ0v) is 19.2. The van der Waals surface area contributed by atoms with Crippen LogP contribution in [0, 0.1) is 0 Å². The molecule has 0 saturated heterocycles. The molecule has 0 aliphatic rings. The topological polar surface area (TPSA) is 66.4 Å². The summed E-state index contributed by atoms with van der Waals surface area (Å²) in [6.45, 7) is 0. The Morgan fingerprint density at radius 2 is 0.912 bits per heavy atom. The highest BCUT2D eigenvalue weighted by atomic mass is 32.2. The van der Waals surface area contributed by atoms with Gasteiger partial charge < -0.3 is 9.29 Å². The molecule has 0 aliphatic carbocycles. The van der Waals surface area contributed by atoms with Gasteiger partial charge >= 0.3 is 5.51 Å². The van der Waals surface area contributed by atoms with Crippen molar-refractivity contribution < 1.29 is 30.9 Å². The number of rotatable bonds is 5. The Bertz CT molecular complexity index is 1230. The van der Waals surface area contributed by atoms with E-state index in [1.165, 1.54) is 14.7 Å². The summed E-state index contributed by atoms with van der Waals surface area (Å²) in [5, 5.41) is 0. The molecule has 4 rings (SSSR count). The van der Waals surface area contributed by atoms with Gasteiger partial charge in [0, 0.05) is 0 Å². The van der Waals surface area contributed by atoms with Crippen LogP contribution in [0.15, 0.2) is 130 Å². The molecule has 0 spiro atoms. The Hall–Kier alpha value is -3.27. The van der Waals surface area contributed by atoms with Crippen LogP contribution in [0.1, 0.15) is 0 Å². The highest BCUT2D eigenvalue weighted by Crippen LogP contribution is 2.32. The Morgan fingerprint density at radius 1 is 0.588 bits per heavy atom. The molecule has 4 aromatic rings. The Balaban J connectivity index is 0.000000350. The van der Waals surface area contributed by atoms with Gasteiger partial charge in [-0.1, -0.05) is 54.6 Å². The number of para-hydroxylation sites is 1. The molecule has 0 aliphatic heterocycles. The fourth-order valence-corrected chi connectivity index (χ4v) is 4.87.